The highest BCUT2D eigenvalue weighted by Gasteiger charge is 2.32. The van der Waals surface area contributed by atoms with Crippen molar-refractivity contribution in [2.75, 3.05) is 6.54 Å². The molecule has 4 atom stereocenters. The topological polar surface area (TPSA) is 55.1 Å². The normalized spacial score (nSPS) is 27.6. The first-order chi connectivity index (χ1) is 9.79. The molecule has 21 heavy (non-hydrogen) atoms. The van der Waals surface area contributed by atoms with Gasteiger partial charge >= 0.3 is 0 Å². The van der Waals surface area contributed by atoms with Crippen LogP contribution in [0, 0.1) is 23.2 Å². The van der Waals surface area contributed by atoms with Crippen LogP contribution in [-0.4, -0.2) is 18.5 Å². The van der Waals surface area contributed by atoms with Gasteiger partial charge in [0.15, 0.2) is 0 Å². The van der Waals surface area contributed by atoms with Crippen molar-refractivity contribution < 1.29 is 4.79 Å². The first kappa shape index (κ1) is 18.5. The largest absolute Gasteiger partial charge is 0.353 e. The monoisotopic (exact) mass is 296 g/mol. The lowest BCUT2D eigenvalue weighted by atomic mass is 9.76. The lowest BCUT2D eigenvalue weighted by molar-refractivity contribution is -0.122. The summed E-state index contributed by atoms with van der Waals surface area (Å²) in [4.78, 5) is 12.2. The highest BCUT2D eigenvalue weighted by atomic mass is 16.1. The van der Waals surface area contributed by atoms with Crippen LogP contribution in [0.15, 0.2) is 0 Å². The molecule has 1 fully saturated rings. The molecule has 1 rings (SSSR count). The Bertz CT molecular complexity index is 322. The molecule has 124 valence electrons. The van der Waals surface area contributed by atoms with Gasteiger partial charge in [0.2, 0.25) is 5.91 Å². The van der Waals surface area contributed by atoms with Crippen molar-refractivity contribution in [3.05, 3.63) is 0 Å². The molecule has 4 unspecified atom stereocenters. The van der Waals surface area contributed by atoms with E-state index in [1.165, 1.54) is 12.8 Å². The average Bonchev–Trinajstić information content (AvgIpc) is 2.74. The molecule has 3 nitrogen and oxygen atoms in total. The minimum Gasteiger partial charge on any atom is -0.353 e. The zero-order chi connectivity index (χ0) is 16.0. The van der Waals surface area contributed by atoms with Crippen molar-refractivity contribution in [3.63, 3.8) is 0 Å². The number of nitrogens with one attached hydrogen (secondary N) is 1. The Labute approximate surface area is 131 Å². The number of amides is 1. The van der Waals surface area contributed by atoms with E-state index < -0.39 is 0 Å². The summed E-state index contributed by atoms with van der Waals surface area (Å²) in [6.45, 7) is 12.0. The summed E-state index contributed by atoms with van der Waals surface area (Å²) in [5.74, 6) is 2.17. The first-order valence-electron chi connectivity index (χ1n) is 8.79. The van der Waals surface area contributed by atoms with Crippen molar-refractivity contribution in [1.82, 2.24) is 5.32 Å². The second kappa shape index (κ2) is 8.17. The predicted octanol–water partition coefficient (Wildman–Crippen LogP) is 3.72. The van der Waals surface area contributed by atoms with Crippen molar-refractivity contribution in [1.29, 1.82) is 0 Å². The van der Waals surface area contributed by atoms with Crippen LogP contribution in [-0.2, 0) is 4.79 Å². The summed E-state index contributed by atoms with van der Waals surface area (Å²) in [5.41, 5.74) is 5.94. The van der Waals surface area contributed by atoms with Crippen molar-refractivity contribution in [3.8, 4) is 0 Å². The summed E-state index contributed by atoms with van der Waals surface area (Å²) in [6.07, 6.45) is 6.24. The van der Waals surface area contributed by atoms with Crippen LogP contribution < -0.4 is 11.1 Å². The molecular weight excluding hydrogens is 260 g/mol. The summed E-state index contributed by atoms with van der Waals surface area (Å²) in [7, 11) is 0. The number of rotatable bonds is 7. The molecule has 0 bridgehead atoms. The van der Waals surface area contributed by atoms with Crippen LogP contribution in [0.1, 0.15) is 73.1 Å². The molecule has 1 amide bonds. The van der Waals surface area contributed by atoms with Gasteiger partial charge in [0, 0.05) is 12.5 Å². The maximum Gasteiger partial charge on any atom is 0.220 e. The quantitative estimate of drug-likeness (QED) is 0.752. The average molecular weight is 296 g/mol. The Hall–Kier alpha value is -0.570. The fourth-order valence-corrected chi connectivity index (χ4v) is 3.82. The Kier molecular flexibility index (Phi) is 7.19. The van der Waals surface area contributed by atoms with E-state index in [2.05, 4.69) is 39.9 Å². The van der Waals surface area contributed by atoms with Crippen molar-refractivity contribution in [2.24, 2.45) is 28.9 Å². The van der Waals surface area contributed by atoms with Gasteiger partial charge in [-0.15, -0.1) is 0 Å². The maximum absolute atomic E-state index is 12.2. The predicted molar refractivity (Wildman–Crippen MR) is 90.0 cm³/mol. The van der Waals surface area contributed by atoms with Crippen LogP contribution in [0.2, 0.25) is 0 Å². The van der Waals surface area contributed by atoms with Crippen molar-refractivity contribution >= 4 is 5.91 Å². The van der Waals surface area contributed by atoms with Gasteiger partial charge in [0.25, 0.3) is 0 Å². The number of carbonyl (C=O) groups is 1. The first-order valence-corrected chi connectivity index (χ1v) is 8.79. The molecular formula is C18H36N2O. The number of nitrogens with two attached hydrogens (primary N) is 1. The van der Waals surface area contributed by atoms with Gasteiger partial charge in [-0.1, -0.05) is 41.0 Å². The Balaban J connectivity index is 2.40. The van der Waals surface area contributed by atoms with Crippen LogP contribution in [0.3, 0.4) is 0 Å². The summed E-state index contributed by atoms with van der Waals surface area (Å²) in [6, 6.07) is 0.394. The highest BCUT2D eigenvalue weighted by Crippen LogP contribution is 2.34. The maximum atomic E-state index is 12.2. The molecule has 0 aromatic rings. The summed E-state index contributed by atoms with van der Waals surface area (Å²) in [5, 5.41) is 3.27. The van der Waals surface area contributed by atoms with Crippen LogP contribution in [0.5, 0.6) is 0 Å². The van der Waals surface area contributed by atoms with Gasteiger partial charge in [-0.05, 0) is 55.4 Å². The van der Waals surface area contributed by atoms with Gasteiger partial charge in [0.1, 0.15) is 0 Å². The fraction of sp³-hybridized carbons (Fsp3) is 0.944. The molecule has 1 aliphatic rings. The molecule has 0 saturated heterocycles. The molecule has 0 aromatic carbocycles. The van der Waals surface area contributed by atoms with Crippen LogP contribution in [0.25, 0.3) is 0 Å². The number of hydrogen-bond acceptors (Lipinski definition) is 2. The summed E-state index contributed by atoms with van der Waals surface area (Å²) >= 11 is 0. The van der Waals surface area contributed by atoms with E-state index in [9.17, 15) is 4.79 Å². The Morgan fingerprint density at radius 2 is 1.95 bits per heavy atom. The number of carbonyl (C=O) groups excluding carboxylic acids is 1. The minimum absolute atomic E-state index is 0.230. The van der Waals surface area contributed by atoms with Gasteiger partial charge in [-0.2, -0.15) is 0 Å². The molecule has 0 aliphatic heterocycles. The van der Waals surface area contributed by atoms with Crippen LogP contribution >= 0.6 is 0 Å². The highest BCUT2D eigenvalue weighted by molar-refractivity contribution is 5.76. The van der Waals surface area contributed by atoms with Crippen molar-refractivity contribution in [2.45, 2.75) is 79.2 Å². The van der Waals surface area contributed by atoms with E-state index in [0.29, 0.717) is 30.8 Å². The zero-order valence-electron chi connectivity index (χ0n) is 14.7. The van der Waals surface area contributed by atoms with E-state index in [1.807, 2.05) is 0 Å². The molecule has 0 radical (unpaired) electrons. The smallest absolute Gasteiger partial charge is 0.220 e. The van der Waals surface area contributed by atoms with E-state index in [1.54, 1.807) is 0 Å². The molecule has 1 aliphatic carbocycles. The van der Waals surface area contributed by atoms with E-state index in [0.717, 1.165) is 25.2 Å². The van der Waals surface area contributed by atoms with E-state index in [4.69, 9.17) is 5.73 Å². The molecule has 1 saturated carbocycles. The third-order valence-corrected chi connectivity index (χ3v) is 5.56. The van der Waals surface area contributed by atoms with Gasteiger partial charge in [-0.3, -0.25) is 4.79 Å². The van der Waals surface area contributed by atoms with Gasteiger partial charge in [0.05, 0.1) is 0 Å². The second-order valence-electron chi connectivity index (χ2n) is 7.96. The zero-order valence-corrected chi connectivity index (χ0v) is 14.7. The van der Waals surface area contributed by atoms with E-state index in [-0.39, 0.29) is 11.3 Å². The summed E-state index contributed by atoms with van der Waals surface area (Å²) < 4.78 is 0. The Morgan fingerprint density at radius 3 is 2.43 bits per heavy atom. The SMILES string of the molecule is CCC1CCC(NC(=O)CCC(CCN)C(C)(C)C)C1C. The Morgan fingerprint density at radius 1 is 1.29 bits per heavy atom. The molecule has 3 N–H and O–H groups in total. The lowest BCUT2D eigenvalue weighted by Gasteiger charge is -2.30. The molecule has 0 spiro atoms. The fourth-order valence-electron chi connectivity index (χ4n) is 3.82. The third-order valence-electron chi connectivity index (χ3n) is 5.56. The lowest BCUT2D eigenvalue weighted by Crippen LogP contribution is -2.38. The minimum atomic E-state index is 0.230. The number of hydrogen-bond donors (Lipinski definition) is 2. The molecule has 0 aromatic heterocycles. The molecule has 0 heterocycles. The van der Waals surface area contributed by atoms with Gasteiger partial charge < -0.3 is 11.1 Å². The van der Waals surface area contributed by atoms with Crippen LogP contribution in [0.4, 0.5) is 0 Å². The van der Waals surface area contributed by atoms with E-state index >= 15 is 0 Å². The third kappa shape index (κ3) is 5.61. The second-order valence-corrected chi connectivity index (χ2v) is 7.96. The van der Waals surface area contributed by atoms with Gasteiger partial charge in [-0.25, -0.2) is 0 Å². The molecule has 3 heteroatoms. The standard InChI is InChI=1S/C18H36N2O/c1-6-14-7-9-16(13(14)2)20-17(21)10-8-15(11-12-19)18(3,4)5/h13-16H,6-12,19H2,1-5H3,(H,20,21).